The summed E-state index contributed by atoms with van der Waals surface area (Å²) in [5, 5.41) is 2.55. The first-order chi connectivity index (χ1) is 5.59. The summed E-state index contributed by atoms with van der Waals surface area (Å²) in [5.41, 5.74) is 4.78. The molecule has 0 aromatic heterocycles. The Morgan fingerprint density at radius 2 is 2.25 bits per heavy atom. The number of carbonyl (C=O) groups excluding carboxylic acids is 2. The molecular weight excluding hydrogens is 158 g/mol. The number of carbonyl (C=O) groups is 2. The topological polar surface area (TPSA) is 75.4 Å². The van der Waals surface area contributed by atoms with E-state index in [1.54, 1.807) is 0 Å². The Bertz CT molecular complexity index is 205. The van der Waals surface area contributed by atoms with Crippen molar-refractivity contribution in [2.45, 2.75) is 12.5 Å². The molecule has 0 aromatic carbocycles. The SMILES string of the molecule is CN1CCC(NC(=O)C(N)=O)C1. The van der Waals surface area contributed by atoms with Crippen molar-refractivity contribution in [1.82, 2.24) is 10.2 Å². The molecule has 0 spiro atoms. The van der Waals surface area contributed by atoms with Gasteiger partial charge in [-0.15, -0.1) is 0 Å². The number of nitrogens with zero attached hydrogens (tertiary/aromatic N) is 1. The number of hydrogen-bond acceptors (Lipinski definition) is 3. The van der Waals surface area contributed by atoms with Gasteiger partial charge in [-0.25, -0.2) is 0 Å². The van der Waals surface area contributed by atoms with Crippen LogP contribution in [0.4, 0.5) is 0 Å². The second kappa shape index (κ2) is 3.53. The summed E-state index contributed by atoms with van der Waals surface area (Å²) < 4.78 is 0. The number of amides is 2. The maximum Gasteiger partial charge on any atom is 0.309 e. The summed E-state index contributed by atoms with van der Waals surface area (Å²) in [6.07, 6.45) is 0.884. The minimum absolute atomic E-state index is 0.0787. The summed E-state index contributed by atoms with van der Waals surface area (Å²) in [6, 6.07) is 0.0787. The van der Waals surface area contributed by atoms with Crippen molar-refractivity contribution in [3.63, 3.8) is 0 Å². The van der Waals surface area contributed by atoms with Crippen LogP contribution in [0.5, 0.6) is 0 Å². The predicted molar refractivity (Wildman–Crippen MR) is 43.2 cm³/mol. The van der Waals surface area contributed by atoms with Gasteiger partial charge in [0.2, 0.25) is 0 Å². The Labute approximate surface area is 70.9 Å². The van der Waals surface area contributed by atoms with Crippen LogP contribution in [0.2, 0.25) is 0 Å². The zero-order valence-electron chi connectivity index (χ0n) is 7.04. The highest BCUT2D eigenvalue weighted by molar-refractivity contribution is 6.34. The van der Waals surface area contributed by atoms with Crippen molar-refractivity contribution >= 4 is 11.8 Å². The standard InChI is InChI=1S/C7H13N3O2/c1-10-3-2-5(4-10)9-7(12)6(8)11/h5H,2-4H2,1H3,(H2,8,11)(H,9,12). The summed E-state index contributed by atoms with van der Waals surface area (Å²) in [7, 11) is 1.97. The largest absolute Gasteiger partial charge is 0.361 e. The molecule has 1 atom stereocenters. The molecular formula is C7H13N3O2. The molecule has 1 aliphatic rings. The molecule has 1 rings (SSSR count). The van der Waals surface area contributed by atoms with Gasteiger partial charge < -0.3 is 16.0 Å². The van der Waals surface area contributed by atoms with Gasteiger partial charge in [0.05, 0.1) is 0 Å². The van der Waals surface area contributed by atoms with Crippen LogP contribution >= 0.6 is 0 Å². The number of nitrogens with one attached hydrogen (secondary N) is 1. The predicted octanol–water partition coefficient (Wildman–Crippen LogP) is -1.71. The molecule has 5 heteroatoms. The fourth-order valence-electron chi connectivity index (χ4n) is 1.31. The molecule has 1 heterocycles. The zero-order chi connectivity index (χ0) is 9.14. The van der Waals surface area contributed by atoms with E-state index in [0.717, 1.165) is 19.5 Å². The average molecular weight is 171 g/mol. The Morgan fingerprint density at radius 3 is 2.67 bits per heavy atom. The van der Waals surface area contributed by atoms with E-state index in [1.165, 1.54) is 0 Å². The van der Waals surface area contributed by atoms with Crippen molar-refractivity contribution in [3.05, 3.63) is 0 Å². The fraction of sp³-hybridized carbons (Fsp3) is 0.714. The maximum atomic E-state index is 10.8. The number of rotatable bonds is 1. The number of likely N-dealkylation sites (N-methyl/N-ethyl adjacent to an activating group) is 1. The van der Waals surface area contributed by atoms with Gasteiger partial charge in [-0.1, -0.05) is 0 Å². The van der Waals surface area contributed by atoms with Crippen LogP contribution < -0.4 is 11.1 Å². The number of nitrogens with two attached hydrogens (primary N) is 1. The normalized spacial score (nSPS) is 23.9. The van der Waals surface area contributed by atoms with E-state index < -0.39 is 11.8 Å². The Balaban J connectivity index is 2.32. The van der Waals surface area contributed by atoms with Gasteiger partial charge in [0.15, 0.2) is 0 Å². The van der Waals surface area contributed by atoms with E-state index in [9.17, 15) is 9.59 Å². The Kier molecular flexibility index (Phi) is 2.65. The maximum absolute atomic E-state index is 10.8. The molecule has 0 radical (unpaired) electrons. The highest BCUT2D eigenvalue weighted by Crippen LogP contribution is 2.05. The van der Waals surface area contributed by atoms with E-state index in [2.05, 4.69) is 10.2 Å². The van der Waals surface area contributed by atoms with Gasteiger partial charge in [0.25, 0.3) is 0 Å². The molecule has 1 unspecified atom stereocenters. The summed E-state index contributed by atoms with van der Waals surface area (Å²) in [5.74, 6) is -1.60. The van der Waals surface area contributed by atoms with Gasteiger partial charge >= 0.3 is 11.8 Å². The molecule has 3 N–H and O–H groups in total. The molecule has 5 nitrogen and oxygen atoms in total. The van der Waals surface area contributed by atoms with E-state index >= 15 is 0 Å². The van der Waals surface area contributed by atoms with Gasteiger partial charge in [-0.2, -0.15) is 0 Å². The summed E-state index contributed by atoms with van der Waals surface area (Å²) >= 11 is 0. The first kappa shape index (κ1) is 8.99. The highest BCUT2D eigenvalue weighted by atomic mass is 16.2. The van der Waals surface area contributed by atoms with E-state index in [1.807, 2.05) is 7.05 Å². The number of hydrogen-bond donors (Lipinski definition) is 2. The number of likely N-dealkylation sites (tertiary alicyclic amines) is 1. The molecule has 0 bridgehead atoms. The molecule has 2 amide bonds. The van der Waals surface area contributed by atoms with Gasteiger partial charge in [-0.3, -0.25) is 9.59 Å². The third kappa shape index (κ3) is 2.20. The second-order valence-corrected chi connectivity index (χ2v) is 3.09. The molecule has 0 aliphatic carbocycles. The van der Waals surface area contributed by atoms with Gasteiger partial charge in [-0.05, 0) is 20.0 Å². The lowest BCUT2D eigenvalue weighted by Gasteiger charge is -2.10. The van der Waals surface area contributed by atoms with Crippen molar-refractivity contribution in [2.75, 3.05) is 20.1 Å². The third-order valence-electron chi connectivity index (χ3n) is 1.95. The monoisotopic (exact) mass is 171 g/mol. The van der Waals surface area contributed by atoms with Crippen LogP contribution in [0.3, 0.4) is 0 Å². The fourth-order valence-corrected chi connectivity index (χ4v) is 1.31. The van der Waals surface area contributed by atoms with Gasteiger partial charge in [0, 0.05) is 12.6 Å². The van der Waals surface area contributed by atoms with E-state index in [4.69, 9.17) is 5.73 Å². The minimum atomic E-state index is -0.912. The van der Waals surface area contributed by atoms with Gasteiger partial charge in [0.1, 0.15) is 0 Å². The summed E-state index contributed by atoms with van der Waals surface area (Å²) in [6.45, 7) is 1.74. The third-order valence-corrected chi connectivity index (χ3v) is 1.95. The van der Waals surface area contributed by atoms with E-state index in [0.29, 0.717) is 0 Å². The van der Waals surface area contributed by atoms with Crippen molar-refractivity contribution in [3.8, 4) is 0 Å². The molecule has 12 heavy (non-hydrogen) atoms. The van der Waals surface area contributed by atoms with Crippen LogP contribution in [-0.4, -0.2) is 42.9 Å². The lowest BCUT2D eigenvalue weighted by atomic mass is 10.2. The van der Waals surface area contributed by atoms with Crippen LogP contribution in [0.1, 0.15) is 6.42 Å². The highest BCUT2D eigenvalue weighted by Gasteiger charge is 2.22. The first-order valence-electron chi connectivity index (χ1n) is 3.88. The molecule has 0 saturated carbocycles. The molecule has 1 fully saturated rings. The second-order valence-electron chi connectivity index (χ2n) is 3.09. The van der Waals surface area contributed by atoms with Crippen molar-refractivity contribution in [1.29, 1.82) is 0 Å². The molecule has 0 aromatic rings. The smallest absolute Gasteiger partial charge is 0.309 e. The Morgan fingerprint density at radius 1 is 1.58 bits per heavy atom. The van der Waals surface area contributed by atoms with Crippen molar-refractivity contribution in [2.24, 2.45) is 5.73 Å². The lowest BCUT2D eigenvalue weighted by molar-refractivity contribution is -0.137. The minimum Gasteiger partial charge on any atom is -0.361 e. The zero-order valence-corrected chi connectivity index (χ0v) is 7.04. The molecule has 1 aliphatic heterocycles. The van der Waals surface area contributed by atoms with Crippen LogP contribution in [-0.2, 0) is 9.59 Å². The summed E-state index contributed by atoms with van der Waals surface area (Å²) in [4.78, 5) is 23.3. The first-order valence-corrected chi connectivity index (χ1v) is 3.88. The van der Waals surface area contributed by atoms with Crippen LogP contribution in [0.25, 0.3) is 0 Å². The lowest BCUT2D eigenvalue weighted by Crippen LogP contribution is -2.43. The molecule has 1 saturated heterocycles. The number of primary amides is 1. The molecule has 68 valence electrons. The van der Waals surface area contributed by atoms with E-state index in [-0.39, 0.29) is 6.04 Å². The van der Waals surface area contributed by atoms with Crippen LogP contribution in [0.15, 0.2) is 0 Å². The quantitative estimate of drug-likeness (QED) is 0.461. The average Bonchev–Trinajstić information content (AvgIpc) is 2.35. The van der Waals surface area contributed by atoms with Crippen LogP contribution in [0, 0.1) is 0 Å². The van der Waals surface area contributed by atoms with Crippen molar-refractivity contribution < 1.29 is 9.59 Å². The Hall–Kier alpha value is -1.10.